The number of hydrogen-bond donors (Lipinski definition) is 1. The third kappa shape index (κ3) is 2.44. The molecule has 1 N–H and O–H groups in total. The van der Waals surface area contributed by atoms with Gasteiger partial charge >= 0.3 is 0 Å². The van der Waals surface area contributed by atoms with Crippen molar-refractivity contribution in [2.24, 2.45) is 0 Å². The van der Waals surface area contributed by atoms with Gasteiger partial charge in [-0.15, -0.1) is 0 Å². The molecule has 1 aliphatic carbocycles. The lowest BCUT2D eigenvalue weighted by Crippen LogP contribution is -2.34. The van der Waals surface area contributed by atoms with Crippen LogP contribution in [0.4, 0.5) is 0 Å². The van der Waals surface area contributed by atoms with E-state index in [1.54, 1.807) is 0 Å². The van der Waals surface area contributed by atoms with Crippen molar-refractivity contribution >= 4 is 17.5 Å². The summed E-state index contributed by atoms with van der Waals surface area (Å²) in [5, 5.41) is 3.71. The maximum atomic E-state index is 12.5. The summed E-state index contributed by atoms with van der Waals surface area (Å²) >= 11 is 6.10. The van der Waals surface area contributed by atoms with Crippen LogP contribution < -0.4 is 5.32 Å². The Morgan fingerprint density at radius 1 is 1.05 bits per heavy atom. The van der Waals surface area contributed by atoms with Crippen molar-refractivity contribution in [3.63, 3.8) is 0 Å². The molecule has 0 saturated heterocycles. The fourth-order valence-electron chi connectivity index (χ4n) is 2.52. The molecule has 0 spiro atoms. The Kier molecular flexibility index (Phi) is 3.49. The van der Waals surface area contributed by atoms with E-state index < -0.39 is 0 Å². The molecule has 1 aliphatic rings. The van der Waals surface area contributed by atoms with Gasteiger partial charge in [0.2, 0.25) is 5.91 Å². The van der Waals surface area contributed by atoms with Gasteiger partial charge in [0.25, 0.3) is 0 Å². The van der Waals surface area contributed by atoms with E-state index in [9.17, 15) is 4.79 Å². The zero-order valence-corrected chi connectivity index (χ0v) is 11.9. The number of rotatable bonds is 4. The number of benzene rings is 2. The molecule has 2 nitrogen and oxygen atoms in total. The first-order valence-electron chi connectivity index (χ1n) is 6.80. The van der Waals surface area contributed by atoms with Crippen LogP contribution in [-0.4, -0.2) is 5.91 Å². The summed E-state index contributed by atoms with van der Waals surface area (Å²) in [6, 6.07) is 17.6. The molecule has 0 bridgehead atoms. The molecule has 2 aromatic carbocycles. The Balaban J connectivity index is 1.70. The molecule has 0 aliphatic heterocycles. The third-order valence-corrected chi connectivity index (χ3v) is 4.28. The summed E-state index contributed by atoms with van der Waals surface area (Å²) < 4.78 is 0. The van der Waals surface area contributed by atoms with Crippen molar-refractivity contribution in [3.8, 4) is 0 Å². The molecule has 2 aromatic rings. The van der Waals surface area contributed by atoms with E-state index in [4.69, 9.17) is 11.6 Å². The maximum absolute atomic E-state index is 12.5. The monoisotopic (exact) mass is 285 g/mol. The number of amides is 1. The highest BCUT2D eigenvalue weighted by atomic mass is 35.5. The smallest absolute Gasteiger partial charge is 0.230 e. The average Bonchev–Trinajstić information content (AvgIpc) is 3.29. The van der Waals surface area contributed by atoms with Gasteiger partial charge in [-0.05, 0) is 30.0 Å². The number of carbonyl (C=O) groups is 1. The van der Waals surface area contributed by atoms with E-state index >= 15 is 0 Å². The van der Waals surface area contributed by atoms with Crippen molar-refractivity contribution < 1.29 is 4.79 Å². The summed E-state index contributed by atoms with van der Waals surface area (Å²) in [7, 11) is 0. The van der Waals surface area contributed by atoms with E-state index in [0.29, 0.717) is 11.6 Å². The molecule has 0 radical (unpaired) electrons. The zero-order valence-electron chi connectivity index (χ0n) is 11.1. The van der Waals surface area contributed by atoms with Gasteiger partial charge in [0.05, 0.1) is 5.41 Å². The molecule has 3 rings (SSSR count). The maximum Gasteiger partial charge on any atom is 0.230 e. The quantitative estimate of drug-likeness (QED) is 0.912. The van der Waals surface area contributed by atoms with Crippen molar-refractivity contribution in [3.05, 3.63) is 70.7 Å². The summed E-state index contributed by atoms with van der Waals surface area (Å²) in [5.41, 5.74) is 1.74. The fraction of sp³-hybridized carbons (Fsp3) is 0.235. The van der Waals surface area contributed by atoms with Gasteiger partial charge in [0.15, 0.2) is 0 Å². The van der Waals surface area contributed by atoms with Crippen LogP contribution in [0.2, 0.25) is 5.02 Å². The van der Waals surface area contributed by atoms with Crippen LogP contribution in [0, 0.1) is 0 Å². The topological polar surface area (TPSA) is 29.1 Å². The van der Waals surface area contributed by atoms with Gasteiger partial charge in [-0.2, -0.15) is 0 Å². The van der Waals surface area contributed by atoms with Crippen molar-refractivity contribution in [1.82, 2.24) is 5.32 Å². The molecule has 20 heavy (non-hydrogen) atoms. The predicted molar refractivity (Wildman–Crippen MR) is 80.7 cm³/mol. The van der Waals surface area contributed by atoms with Gasteiger partial charge in [-0.1, -0.05) is 60.1 Å². The Hall–Kier alpha value is -1.80. The standard InChI is InChI=1S/C17H16ClNO/c18-15-9-5-4-6-13(15)12-19-16(20)17(10-11-17)14-7-2-1-3-8-14/h1-9H,10-12H2,(H,19,20). The lowest BCUT2D eigenvalue weighted by molar-refractivity contribution is -0.123. The highest BCUT2D eigenvalue weighted by Gasteiger charge is 2.50. The molecule has 0 aromatic heterocycles. The van der Waals surface area contributed by atoms with Crippen LogP contribution in [0.3, 0.4) is 0 Å². The van der Waals surface area contributed by atoms with Crippen molar-refractivity contribution in [2.45, 2.75) is 24.8 Å². The SMILES string of the molecule is O=C(NCc1ccccc1Cl)C1(c2ccccc2)CC1. The highest BCUT2D eigenvalue weighted by Crippen LogP contribution is 2.48. The molecule has 0 unspecified atom stereocenters. The Morgan fingerprint density at radius 3 is 2.35 bits per heavy atom. The lowest BCUT2D eigenvalue weighted by atomic mass is 9.95. The van der Waals surface area contributed by atoms with Crippen LogP contribution >= 0.6 is 11.6 Å². The summed E-state index contributed by atoms with van der Waals surface area (Å²) in [5.74, 6) is 0.101. The minimum Gasteiger partial charge on any atom is -0.351 e. The van der Waals surface area contributed by atoms with Crippen molar-refractivity contribution in [2.75, 3.05) is 0 Å². The summed E-state index contributed by atoms with van der Waals surface area (Å²) in [6.45, 7) is 0.479. The molecule has 0 atom stereocenters. The van der Waals surface area contributed by atoms with E-state index in [0.717, 1.165) is 24.0 Å². The number of carbonyl (C=O) groups excluding carboxylic acids is 1. The van der Waals surface area contributed by atoms with Gasteiger partial charge in [-0.25, -0.2) is 0 Å². The van der Waals surface area contributed by atoms with E-state index in [-0.39, 0.29) is 11.3 Å². The molecule has 1 amide bonds. The molecule has 1 saturated carbocycles. The molecular formula is C17H16ClNO. The van der Waals surface area contributed by atoms with E-state index in [2.05, 4.69) is 5.32 Å². The van der Waals surface area contributed by atoms with Crippen molar-refractivity contribution in [1.29, 1.82) is 0 Å². The Morgan fingerprint density at radius 2 is 1.70 bits per heavy atom. The second-order valence-electron chi connectivity index (χ2n) is 5.22. The molecule has 1 fully saturated rings. The van der Waals surface area contributed by atoms with Crippen LogP contribution in [0.1, 0.15) is 24.0 Å². The fourth-order valence-corrected chi connectivity index (χ4v) is 2.72. The second-order valence-corrected chi connectivity index (χ2v) is 5.63. The first-order chi connectivity index (χ1) is 9.72. The van der Waals surface area contributed by atoms with E-state index in [1.807, 2.05) is 54.6 Å². The largest absolute Gasteiger partial charge is 0.351 e. The van der Waals surface area contributed by atoms with Gasteiger partial charge in [0, 0.05) is 11.6 Å². The minimum absolute atomic E-state index is 0.101. The number of halogens is 1. The molecular weight excluding hydrogens is 270 g/mol. The second kappa shape index (κ2) is 5.29. The first kappa shape index (κ1) is 13.2. The molecule has 0 heterocycles. The predicted octanol–water partition coefficient (Wildman–Crippen LogP) is 3.69. The van der Waals surface area contributed by atoms with Crippen LogP contribution in [0.25, 0.3) is 0 Å². The minimum atomic E-state index is -0.317. The normalized spacial score (nSPS) is 15.7. The lowest BCUT2D eigenvalue weighted by Gasteiger charge is -2.16. The summed E-state index contributed by atoms with van der Waals surface area (Å²) in [6.07, 6.45) is 1.84. The van der Waals surface area contributed by atoms with Gasteiger partial charge in [-0.3, -0.25) is 4.79 Å². The number of nitrogens with one attached hydrogen (secondary N) is 1. The van der Waals surface area contributed by atoms with E-state index in [1.165, 1.54) is 0 Å². The molecule has 102 valence electrons. The van der Waals surface area contributed by atoms with Gasteiger partial charge in [0.1, 0.15) is 0 Å². The first-order valence-corrected chi connectivity index (χ1v) is 7.17. The Labute approximate surface area is 123 Å². The van der Waals surface area contributed by atoms with Crippen LogP contribution in [0.5, 0.6) is 0 Å². The zero-order chi connectivity index (χ0) is 14.0. The molecule has 3 heteroatoms. The summed E-state index contributed by atoms with van der Waals surface area (Å²) in [4.78, 5) is 12.5. The number of hydrogen-bond acceptors (Lipinski definition) is 1. The van der Waals surface area contributed by atoms with Crippen LogP contribution in [0.15, 0.2) is 54.6 Å². The third-order valence-electron chi connectivity index (χ3n) is 3.91. The van der Waals surface area contributed by atoms with Gasteiger partial charge < -0.3 is 5.32 Å². The average molecular weight is 286 g/mol. The van der Waals surface area contributed by atoms with Crippen LogP contribution in [-0.2, 0) is 16.8 Å². The Bertz CT molecular complexity index is 620. The highest BCUT2D eigenvalue weighted by molar-refractivity contribution is 6.31.